The molecular formula is C31H31ClN2O3S. The predicted molar refractivity (Wildman–Crippen MR) is 152 cm³/mol. The molecule has 4 aromatic rings. The van der Waals surface area contributed by atoms with Crippen LogP contribution in [0, 0.1) is 0 Å². The molecule has 2 saturated heterocycles. The van der Waals surface area contributed by atoms with E-state index in [2.05, 4.69) is 41.9 Å². The lowest BCUT2D eigenvalue weighted by Gasteiger charge is -2.39. The summed E-state index contributed by atoms with van der Waals surface area (Å²) in [5.41, 5.74) is 4.60. The van der Waals surface area contributed by atoms with Crippen molar-refractivity contribution in [1.82, 2.24) is 9.88 Å². The number of piperidine rings is 1. The number of oxazole rings is 1. The maximum absolute atomic E-state index is 13.5. The summed E-state index contributed by atoms with van der Waals surface area (Å²) in [6.07, 6.45) is 4.02. The molecule has 6 rings (SSSR count). The molecule has 38 heavy (non-hydrogen) atoms. The Morgan fingerprint density at radius 3 is 2.55 bits per heavy atom. The van der Waals surface area contributed by atoms with Gasteiger partial charge in [-0.1, -0.05) is 67.5 Å². The molecule has 0 spiro atoms. The topological polar surface area (TPSA) is 55.6 Å². The van der Waals surface area contributed by atoms with Gasteiger partial charge in [0.15, 0.2) is 5.58 Å². The highest BCUT2D eigenvalue weighted by molar-refractivity contribution is 7.98. The number of nitrogens with zero attached hydrogens (tertiary/aromatic N) is 2. The van der Waals surface area contributed by atoms with Crippen molar-refractivity contribution in [2.45, 2.75) is 74.6 Å². The highest BCUT2D eigenvalue weighted by atomic mass is 35.5. The van der Waals surface area contributed by atoms with Gasteiger partial charge in [-0.3, -0.25) is 4.79 Å². The van der Waals surface area contributed by atoms with E-state index in [1.54, 1.807) is 12.1 Å². The number of carbonyl (C=O) groups is 1. The molecule has 2 atom stereocenters. The maximum Gasteiger partial charge on any atom is 0.257 e. The number of hydrogen-bond donors (Lipinski definition) is 0. The van der Waals surface area contributed by atoms with Gasteiger partial charge in [0, 0.05) is 41.3 Å². The first-order valence-corrected chi connectivity index (χ1v) is 14.7. The van der Waals surface area contributed by atoms with Crippen LogP contribution in [0.2, 0.25) is 5.02 Å². The fourth-order valence-corrected chi connectivity index (χ4v) is 6.74. The van der Waals surface area contributed by atoms with Crippen LogP contribution in [0.4, 0.5) is 0 Å². The SMILES string of the molecule is CC(C)c1ccccc1OC1CC2CCC(C1)N2C(=O)c1ccc(CSc2nc3cc(Cl)ccc3o2)cc1. The number of para-hydroxylation sites is 1. The minimum Gasteiger partial charge on any atom is -0.490 e. The van der Waals surface area contributed by atoms with E-state index in [0.29, 0.717) is 21.9 Å². The highest BCUT2D eigenvalue weighted by Gasteiger charge is 2.44. The first-order chi connectivity index (χ1) is 18.4. The standard InChI is InChI=1S/C31H31ClN2O3S/c1-19(2)26-5-3-4-6-28(26)36-25-16-23-12-13-24(17-25)34(23)30(35)21-9-7-20(8-10-21)18-38-31-33-27-15-22(32)11-14-29(27)37-31/h3-11,14-15,19,23-25H,12-13,16-18H2,1-2H3. The molecule has 2 aliphatic rings. The van der Waals surface area contributed by atoms with Crippen molar-refractivity contribution in [3.63, 3.8) is 0 Å². The first-order valence-electron chi connectivity index (χ1n) is 13.3. The molecule has 0 saturated carbocycles. The van der Waals surface area contributed by atoms with Gasteiger partial charge in [0.1, 0.15) is 17.4 Å². The highest BCUT2D eigenvalue weighted by Crippen LogP contribution is 2.39. The van der Waals surface area contributed by atoms with Gasteiger partial charge in [0.05, 0.1) is 0 Å². The lowest BCUT2D eigenvalue weighted by Crippen LogP contribution is -2.49. The van der Waals surface area contributed by atoms with Gasteiger partial charge in [-0.15, -0.1) is 0 Å². The summed E-state index contributed by atoms with van der Waals surface area (Å²) in [4.78, 5) is 20.2. The average molecular weight is 547 g/mol. The van der Waals surface area contributed by atoms with Gasteiger partial charge < -0.3 is 14.1 Å². The Hall–Kier alpha value is -2.96. The summed E-state index contributed by atoms with van der Waals surface area (Å²) >= 11 is 7.58. The summed E-state index contributed by atoms with van der Waals surface area (Å²) in [6, 6.07) is 22.2. The summed E-state index contributed by atoms with van der Waals surface area (Å²) in [6.45, 7) is 4.40. The van der Waals surface area contributed by atoms with Gasteiger partial charge in [0.2, 0.25) is 0 Å². The summed E-state index contributed by atoms with van der Waals surface area (Å²) in [5, 5.41) is 1.25. The molecule has 3 heterocycles. The normalized spacial score (nSPS) is 20.8. The number of thioether (sulfide) groups is 1. The zero-order valence-corrected chi connectivity index (χ0v) is 23.2. The van der Waals surface area contributed by atoms with Crippen LogP contribution in [0.25, 0.3) is 11.1 Å². The predicted octanol–water partition coefficient (Wildman–Crippen LogP) is 8.11. The van der Waals surface area contributed by atoms with Crippen LogP contribution in [0.5, 0.6) is 5.75 Å². The zero-order chi connectivity index (χ0) is 26.2. The molecule has 196 valence electrons. The van der Waals surface area contributed by atoms with Crippen molar-refractivity contribution < 1.29 is 13.9 Å². The van der Waals surface area contributed by atoms with Crippen LogP contribution in [0.1, 0.15) is 66.9 Å². The molecule has 3 aromatic carbocycles. The molecular weight excluding hydrogens is 516 g/mol. The van der Waals surface area contributed by atoms with Gasteiger partial charge in [-0.05, 0) is 66.3 Å². The van der Waals surface area contributed by atoms with Gasteiger partial charge in [-0.2, -0.15) is 0 Å². The van der Waals surface area contributed by atoms with Crippen molar-refractivity contribution in [2.75, 3.05) is 0 Å². The molecule has 0 radical (unpaired) electrons. The van der Waals surface area contributed by atoms with Gasteiger partial charge >= 0.3 is 0 Å². The number of amides is 1. The third kappa shape index (κ3) is 5.16. The number of rotatable bonds is 7. The number of halogens is 1. The molecule has 5 nitrogen and oxygen atoms in total. The molecule has 2 fully saturated rings. The Balaban J connectivity index is 1.08. The Labute approximate surface area is 232 Å². The molecule has 2 bridgehead atoms. The number of ether oxygens (including phenoxy) is 1. The second-order valence-electron chi connectivity index (χ2n) is 10.6. The smallest absolute Gasteiger partial charge is 0.257 e. The maximum atomic E-state index is 13.5. The van der Waals surface area contributed by atoms with Crippen LogP contribution >= 0.6 is 23.4 Å². The molecule has 1 aromatic heterocycles. The molecule has 1 amide bonds. The Kier molecular flexibility index (Phi) is 7.10. The fourth-order valence-electron chi connectivity index (χ4n) is 5.78. The monoisotopic (exact) mass is 546 g/mol. The summed E-state index contributed by atoms with van der Waals surface area (Å²) < 4.78 is 12.3. The summed E-state index contributed by atoms with van der Waals surface area (Å²) in [5.74, 6) is 2.25. The minimum atomic E-state index is 0.133. The summed E-state index contributed by atoms with van der Waals surface area (Å²) in [7, 11) is 0. The van der Waals surface area contributed by atoms with E-state index >= 15 is 0 Å². The van der Waals surface area contributed by atoms with Crippen LogP contribution in [0.3, 0.4) is 0 Å². The molecule has 2 unspecified atom stereocenters. The second kappa shape index (κ2) is 10.7. The largest absolute Gasteiger partial charge is 0.490 e. The van der Waals surface area contributed by atoms with Gasteiger partial charge in [-0.25, -0.2) is 4.98 Å². The molecule has 2 aliphatic heterocycles. The van der Waals surface area contributed by atoms with Crippen molar-refractivity contribution in [3.05, 3.63) is 88.4 Å². The van der Waals surface area contributed by atoms with Crippen LogP contribution in [-0.4, -0.2) is 34.0 Å². The van der Waals surface area contributed by atoms with E-state index in [9.17, 15) is 4.79 Å². The van der Waals surface area contributed by atoms with E-state index < -0.39 is 0 Å². The molecule has 0 N–H and O–H groups in total. The van der Waals surface area contributed by atoms with Crippen molar-refractivity contribution >= 4 is 40.4 Å². The van der Waals surface area contributed by atoms with E-state index in [4.69, 9.17) is 20.8 Å². The van der Waals surface area contributed by atoms with E-state index in [0.717, 1.165) is 53.7 Å². The molecule has 0 aliphatic carbocycles. The lowest BCUT2D eigenvalue weighted by atomic mass is 9.97. The Morgan fingerprint density at radius 1 is 1.08 bits per heavy atom. The fraction of sp³-hybridized carbons (Fsp3) is 0.355. The number of carbonyl (C=O) groups excluding carboxylic acids is 1. The second-order valence-corrected chi connectivity index (χ2v) is 11.9. The van der Waals surface area contributed by atoms with Crippen LogP contribution < -0.4 is 4.74 Å². The number of aromatic nitrogens is 1. The number of benzene rings is 3. The van der Waals surface area contributed by atoms with E-state index in [1.165, 1.54) is 17.3 Å². The third-order valence-corrected chi connectivity index (χ3v) is 8.79. The first kappa shape index (κ1) is 25.3. The van der Waals surface area contributed by atoms with Crippen molar-refractivity contribution in [2.24, 2.45) is 0 Å². The minimum absolute atomic E-state index is 0.133. The zero-order valence-electron chi connectivity index (χ0n) is 21.6. The van der Waals surface area contributed by atoms with Crippen LogP contribution in [0.15, 0.2) is 76.4 Å². The van der Waals surface area contributed by atoms with E-state index in [1.807, 2.05) is 36.4 Å². The quantitative estimate of drug-likeness (QED) is 0.219. The third-order valence-electron chi connectivity index (χ3n) is 7.65. The Bertz CT molecular complexity index is 1440. The molecule has 7 heteroatoms. The van der Waals surface area contributed by atoms with E-state index in [-0.39, 0.29) is 24.1 Å². The number of fused-ring (bicyclic) bond motifs is 3. The average Bonchev–Trinajstić information content (AvgIpc) is 3.44. The van der Waals surface area contributed by atoms with Crippen LogP contribution in [-0.2, 0) is 5.75 Å². The van der Waals surface area contributed by atoms with Crippen molar-refractivity contribution in [3.8, 4) is 5.75 Å². The van der Waals surface area contributed by atoms with Gasteiger partial charge in [0.25, 0.3) is 11.1 Å². The van der Waals surface area contributed by atoms with Crippen molar-refractivity contribution in [1.29, 1.82) is 0 Å². The Morgan fingerprint density at radius 2 is 1.82 bits per heavy atom. The lowest BCUT2D eigenvalue weighted by molar-refractivity contribution is 0.0356. The number of hydrogen-bond acceptors (Lipinski definition) is 5.